The van der Waals surface area contributed by atoms with Gasteiger partial charge in [0.15, 0.2) is 0 Å². The van der Waals surface area contributed by atoms with Gasteiger partial charge in [-0.25, -0.2) is 0 Å². The summed E-state index contributed by atoms with van der Waals surface area (Å²) in [5.74, 6) is 0.523. The molecule has 1 heteroatoms. The Morgan fingerprint density at radius 1 is 1.20 bits per heavy atom. The normalized spacial score (nSPS) is 20.5. The summed E-state index contributed by atoms with van der Waals surface area (Å²) in [4.78, 5) is 4.36. The molecule has 1 atom stereocenters. The molecule has 0 N–H and O–H groups in total. The van der Waals surface area contributed by atoms with Gasteiger partial charge in [-0.1, -0.05) is 45.1 Å². The van der Waals surface area contributed by atoms with Crippen LogP contribution >= 0.6 is 0 Å². The molecule has 1 aromatic heterocycles. The summed E-state index contributed by atoms with van der Waals surface area (Å²) in [6, 6.07) is 6.03. The molecule has 1 nitrogen and oxygen atoms in total. The van der Waals surface area contributed by atoms with Gasteiger partial charge in [-0.05, 0) is 23.1 Å². The molecule has 15 heavy (non-hydrogen) atoms. The predicted molar refractivity (Wildman–Crippen MR) is 64.3 cm³/mol. The fourth-order valence-corrected chi connectivity index (χ4v) is 1.75. The molecule has 0 radical (unpaired) electrons. The Morgan fingerprint density at radius 3 is 2.53 bits per heavy atom. The highest BCUT2D eigenvalue weighted by Gasteiger charge is 2.23. The molecule has 1 heterocycles. The van der Waals surface area contributed by atoms with Crippen LogP contribution in [0.25, 0.3) is 5.57 Å². The van der Waals surface area contributed by atoms with Gasteiger partial charge in [0, 0.05) is 12.1 Å². The van der Waals surface area contributed by atoms with E-state index in [1.165, 1.54) is 5.57 Å². The molecular weight excluding hydrogens is 182 g/mol. The zero-order valence-electron chi connectivity index (χ0n) is 9.57. The molecule has 1 unspecified atom stereocenters. The van der Waals surface area contributed by atoms with Crippen LogP contribution in [0.4, 0.5) is 0 Å². The summed E-state index contributed by atoms with van der Waals surface area (Å²) in [7, 11) is 0. The second-order valence-electron chi connectivity index (χ2n) is 5.09. The van der Waals surface area contributed by atoms with Crippen molar-refractivity contribution in [3.05, 3.63) is 48.3 Å². The number of hydrogen-bond donors (Lipinski definition) is 0. The number of pyridine rings is 1. The first-order valence-corrected chi connectivity index (χ1v) is 5.39. The lowest BCUT2D eigenvalue weighted by atomic mass is 9.82. The summed E-state index contributed by atoms with van der Waals surface area (Å²) < 4.78 is 0. The largest absolute Gasteiger partial charge is 0.256 e. The van der Waals surface area contributed by atoms with Gasteiger partial charge in [0.1, 0.15) is 0 Å². The minimum Gasteiger partial charge on any atom is -0.256 e. The molecule has 0 saturated carbocycles. The maximum absolute atomic E-state index is 4.36. The van der Waals surface area contributed by atoms with E-state index in [1.54, 1.807) is 0 Å². The first-order valence-electron chi connectivity index (χ1n) is 5.39. The molecule has 0 amide bonds. The highest BCUT2D eigenvalue weighted by molar-refractivity contribution is 5.74. The van der Waals surface area contributed by atoms with Crippen molar-refractivity contribution in [2.24, 2.45) is 11.3 Å². The summed E-state index contributed by atoms with van der Waals surface area (Å²) >= 11 is 0. The van der Waals surface area contributed by atoms with Crippen LogP contribution in [-0.2, 0) is 0 Å². The van der Waals surface area contributed by atoms with Gasteiger partial charge in [-0.15, -0.1) is 0 Å². The number of rotatable bonds is 1. The minimum absolute atomic E-state index is 0.299. The van der Waals surface area contributed by atoms with Gasteiger partial charge >= 0.3 is 0 Å². The summed E-state index contributed by atoms with van der Waals surface area (Å²) in [6.45, 7) is 6.79. The Bertz CT molecular complexity index is 393. The molecule has 1 aromatic rings. The lowest BCUT2D eigenvalue weighted by Gasteiger charge is -2.23. The van der Waals surface area contributed by atoms with Gasteiger partial charge in [-0.2, -0.15) is 0 Å². The lowest BCUT2D eigenvalue weighted by Crippen LogP contribution is -2.14. The van der Waals surface area contributed by atoms with Gasteiger partial charge in [-0.3, -0.25) is 4.98 Å². The van der Waals surface area contributed by atoms with Crippen LogP contribution in [0.2, 0.25) is 0 Å². The molecule has 0 fully saturated rings. The maximum Gasteiger partial charge on any atom is 0.0698 e. The van der Waals surface area contributed by atoms with E-state index < -0.39 is 0 Å². The van der Waals surface area contributed by atoms with Crippen LogP contribution in [-0.4, -0.2) is 4.98 Å². The van der Waals surface area contributed by atoms with Gasteiger partial charge < -0.3 is 0 Å². The first-order chi connectivity index (χ1) is 7.07. The minimum atomic E-state index is 0.299. The monoisotopic (exact) mass is 199 g/mol. The fraction of sp³-hybridized carbons (Fsp3) is 0.357. The van der Waals surface area contributed by atoms with E-state index in [2.05, 4.69) is 50.0 Å². The quantitative estimate of drug-likeness (QED) is 0.672. The number of aromatic nitrogens is 1. The van der Waals surface area contributed by atoms with E-state index >= 15 is 0 Å². The van der Waals surface area contributed by atoms with Crippen LogP contribution in [0.15, 0.2) is 42.6 Å². The highest BCUT2D eigenvalue weighted by Crippen LogP contribution is 2.35. The first kappa shape index (κ1) is 10.2. The van der Waals surface area contributed by atoms with Crippen molar-refractivity contribution in [3.8, 4) is 0 Å². The maximum atomic E-state index is 4.36. The second-order valence-corrected chi connectivity index (χ2v) is 5.09. The van der Waals surface area contributed by atoms with E-state index in [9.17, 15) is 0 Å². The van der Waals surface area contributed by atoms with Crippen LogP contribution in [0.5, 0.6) is 0 Å². The Hall–Kier alpha value is -1.37. The molecule has 0 saturated heterocycles. The van der Waals surface area contributed by atoms with Crippen LogP contribution in [0.3, 0.4) is 0 Å². The topological polar surface area (TPSA) is 12.9 Å². The Morgan fingerprint density at radius 2 is 2.00 bits per heavy atom. The summed E-state index contributed by atoms with van der Waals surface area (Å²) in [5, 5.41) is 0. The average molecular weight is 199 g/mol. The Balaban J connectivity index is 2.26. The van der Waals surface area contributed by atoms with Crippen molar-refractivity contribution >= 4 is 5.57 Å². The molecule has 78 valence electrons. The van der Waals surface area contributed by atoms with Crippen molar-refractivity contribution in [1.29, 1.82) is 0 Å². The van der Waals surface area contributed by atoms with Crippen molar-refractivity contribution < 1.29 is 0 Å². The van der Waals surface area contributed by atoms with Gasteiger partial charge in [0.05, 0.1) is 5.69 Å². The SMILES string of the molecule is CC(C)(C)C1C=CC(c2ccccn2)=C1. The zero-order chi connectivity index (χ0) is 10.9. The lowest BCUT2D eigenvalue weighted by molar-refractivity contribution is 0.346. The molecule has 2 rings (SSSR count). The molecular formula is C14H17N. The van der Waals surface area contributed by atoms with E-state index in [0.29, 0.717) is 11.3 Å². The van der Waals surface area contributed by atoms with Crippen molar-refractivity contribution in [2.75, 3.05) is 0 Å². The van der Waals surface area contributed by atoms with Crippen molar-refractivity contribution in [2.45, 2.75) is 20.8 Å². The average Bonchev–Trinajstić information content (AvgIpc) is 2.67. The highest BCUT2D eigenvalue weighted by atomic mass is 14.7. The standard InChI is InChI=1S/C14H17N/c1-14(2,3)12-8-7-11(10-12)13-6-4-5-9-15-13/h4-10,12H,1-3H3. The molecule has 0 aliphatic heterocycles. The van der Waals surface area contributed by atoms with E-state index in [-0.39, 0.29) is 0 Å². The molecule has 0 bridgehead atoms. The number of hydrogen-bond acceptors (Lipinski definition) is 1. The van der Waals surface area contributed by atoms with Gasteiger partial charge in [0.2, 0.25) is 0 Å². The van der Waals surface area contributed by atoms with E-state index in [1.807, 2.05) is 18.3 Å². The van der Waals surface area contributed by atoms with Crippen LogP contribution in [0.1, 0.15) is 26.5 Å². The molecule has 0 spiro atoms. The van der Waals surface area contributed by atoms with Crippen LogP contribution in [0, 0.1) is 11.3 Å². The predicted octanol–water partition coefficient (Wildman–Crippen LogP) is 3.70. The molecule has 1 aliphatic carbocycles. The Kier molecular flexibility index (Phi) is 2.47. The van der Waals surface area contributed by atoms with Crippen LogP contribution < -0.4 is 0 Å². The summed E-state index contributed by atoms with van der Waals surface area (Å²) in [5.41, 5.74) is 2.61. The molecule has 1 aliphatic rings. The van der Waals surface area contributed by atoms with Gasteiger partial charge in [0.25, 0.3) is 0 Å². The Labute approximate surface area is 91.6 Å². The molecule has 0 aromatic carbocycles. The second kappa shape index (κ2) is 3.65. The number of allylic oxidation sites excluding steroid dienone is 4. The third kappa shape index (κ3) is 2.17. The zero-order valence-corrected chi connectivity index (χ0v) is 9.57. The number of nitrogens with zero attached hydrogens (tertiary/aromatic N) is 1. The van der Waals surface area contributed by atoms with E-state index in [4.69, 9.17) is 0 Å². The smallest absolute Gasteiger partial charge is 0.0698 e. The van der Waals surface area contributed by atoms with Crippen molar-refractivity contribution in [3.63, 3.8) is 0 Å². The van der Waals surface area contributed by atoms with E-state index in [0.717, 1.165) is 5.69 Å². The van der Waals surface area contributed by atoms with Crippen molar-refractivity contribution in [1.82, 2.24) is 4.98 Å². The third-order valence-electron chi connectivity index (χ3n) is 2.80. The fourth-order valence-electron chi connectivity index (χ4n) is 1.75. The summed E-state index contributed by atoms with van der Waals surface area (Å²) in [6.07, 6.45) is 8.60. The third-order valence-corrected chi connectivity index (χ3v) is 2.80.